The number of rotatable bonds is 2. The zero-order chi connectivity index (χ0) is 22.3. The summed E-state index contributed by atoms with van der Waals surface area (Å²) in [7, 11) is 0. The van der Waals surface area contributed by atoms with E-state index in [1.165, 1.54) is 33.7 Å². The summed E-state index contributed by atoms with van der Waals surface area (Å²) in [6.45, 7) is 8.42. The van der Waals surface area contributed by atoms with Gasteiger partial charge in [0.2, 0.25) is 0 Å². The molecule has 0 bridgehead atoms. The van der Waals surface area contributed by atoms with Gasteiger partial charge in [0.25, 0.3) is 0 Å². The summed E-state index contributed by atoms with van der Waals surface area (Å²) >= 11 is 1.98. The molecule has 3 aliphatic heterocycles. The van der Waals surface area contributed by atoms with Crippen LogP contribution < -0.4 is 4.90 Å². The first-order valence-corrected chi connectivity index (χ1v) is 12.7. The molecule has 0 saturated carbocycles. The van der Waals surface area contributed by atoms with Crippen LogP contribution in [0, 0.1) is 0 Å². The highest BCUT2D eigenvalue weighted by atomic mass is 32.2. The second kappa shape index (κ2) is 8.51. The predicted molar refractivity (Wildman–Crippen MR) is 133 cm³/mol. The molecule has 5 rings (SSSR count). The lowest BCUT2D eigenvalue weighted by Crippen LogP contribution is -2.49. The quantitative estimate of drug-likeness (QED) is 0.507. The molecule has 3 heterocycles. The number of anilines is 1. The van der Waals surface area contributed by atoms with Crippen LogP contribution in [0.4, 0.5) is 10.5 Å². The molecule has 0 aliphatic carbocycles. The van der Waals surface area contributed by atoms with Crippen LogP contribution in [0.1, 0.15) is 56.2 Å². The van der Waals surface area contributed by atoms with Crippen LogP contribution in [-0.4, -0.2) is 48.0 Å². The molecule has 2 aromatic rings. The summed E-state index contributed by atoms with van der Waals surface area (Å²) in [6.07, 6.45) is 6.43. The minimum Gasteiger partial charge on any atom is -0.444 e. The second-order valence-corrected chi connectivity index (χ2v) is 11.1. The van der Waals surface area contributed by atoms with Gasteiger partial charge >= 0.3 is 6.09 Å². The Bertz CT molecular complexity index is 1030. The number of hydrogen-bond acceptors (Lipinski definition) is 4. The molecular formula is C27H32N2O2S. The number of hydrogen-bond donors (Lipinski definition) is 0. The molecule has 0 aromatic heterocycles. The highest BCUT2D eigenvalue weighted by Crippen LogP contribution is 2.51. The van der Waals surface area contributed by atoms with Crippen molar-refractivity contribution in [3.63, 3.8) is 0 Å². The number of likely N-dealkylation sites (tertiary alicyclic amines) is 1. The summed E-state index contributed by atoms with van der Waals surface area (Å²) in [5.41, 5.74) is 4.81. The van der Waals surface area contributed by atoms with E-state index in [0.29, 0.717) is 12.0 Å². The van der Waals surface area contributed by atoms with E-state index in [2.05, 4.69) is 53.5 Å². The lowest BCUT2D eigenvalue weighted by molar-refractivity contribution is 0.0189. The van der Waals surface area contributed by atoms with E-state index >= 15 is 0 Å². The summed E-state index contributed by atoms with van der Waals surface area (Å²) in [5, 5.41) is 0. The molecule has 3 aliphatic rings. The Balaban J connectivity index is 1.47. The van der Waals surface area contributed by atoms with Gasteiger partial charge in [-0.15, -0.1) is 11.8 Å². The standard InChI is InChI=1S/C27H32N2O2S/c1-27(2,3)31-26(30)28-14-12-23-22(18-28)21-16-20(11-10-19-8-5-4-6-9-19)17-24-25(21)29(23)13-7-15-32-24/h4-6,8-11,16-17,22-23H,7,12-15,18H2,1-3H3/b11-10+/t22-,23-/m0/s1. The van der Waals surface area contributed by atoms with Crippen LogP contribution in [0.2, 0.25) is 0 Å². The molecule has 2 aromatic carbocycles. The highest BCUT2D eigenvalue weighted by molar-refractivity contribution is 7.99. The lowest BCUT2D eigenvalue weighted by atomic mass is 9.88. The fraction of sp³-hybridized carbons (Fsp3) is 0.444. The average Bonchev–Trinajstić information content (AvgIpc) is 2.92. The molecule has 0 spiro atoms. The maximum Gasteiger partial charge on any atom is 0.410 e. The van der Waals surface area contributed by atoms with E-state index in [0.717, 1.165) is 31.8 Å². The number of ether oxygens (including phenoxy) is 1. The van der Waals surface area contributed by atoms with E-state index in [9.17, 15) is 4.79 Å². The third-order valence-electron chi connectivity index (χ3n) is 6.51. The molecule has 1 saturated heterocycles. The minimum atomic E-state index is -0.465. The highest BCUT2D eigenvalue weighted by Gasteiger charge is 2.45. The Kier molecular flexibility index (Phi) is 5.70. The van der Waals surface area contributed by atoms with E-state index in [1.54, 1.807) is 0 Å². The van der Waals surface area contributed by atoms with Crippen LogP contribution in [0.15, 0.2) is 47.4 Å². The molecule has 168 valence electrons. The van der Waals surface area contributed by atoms with Gasteiger partial charge in [-0.05, 0) is 68.2 Å². The Morgan fingerprint density at radius 2 is 1.88 bits per heavy atom. The Labute approximate surface area is 195 Å². The molecule has 5 heteroatoms. The zero-order valence-corrected chi connectivity index (χ0v) is 20.0. The van der Waals surface area contributed by atoms with Crippen molar-refractivity contribution < 1.29 is 9.53 Å². The summed E-state index contributed by atoms with van der Waals surface area (Å²) < 4.78 is 5.69. The number of piperidine rings is 1. The molecule has 32 heavy (non-hydrogen) atoms. The van der Waals surface area contributed by atoms with Crippen LogP contribution in [0.5, 0.6) is 0 Å². The number of carbonyl (C=O) groups excluding carboxylic acids is 1. The van der Waals surface area contributed by atoms with Gasteiger partial charge in [-0.2, -0.15) is 0 Å². The van der Waals surface area contributed by atoms with Crippen LogP contribution >= 0.6 is 11.8 Å². The van der Waals surface area contributed by atoms with Crippen molar-refractivity contribution >= 4 is 35.7 Å². The van der Waals surface area contributed by atoms with E-state index in [1.807, 2.05) is 43.5 Å². The normalized spacial score (nSPS) is 22.5. The van der Waals surface area contributed by atoms with Gasteiger partial charge in [0.15, 0.2) is 0 Å². The summed E-state index contributed by atoms with van der Waals surface area (Å²) in [4.78, 5) is 18.8. The molecule has 4 nitrogen and oxygen atoms in total. The number of thioether (sulfide) groups is 1. The van der Waals surface area contributed by atoms with Crippen LogP contribution in [0.3, 0.4) is 0 Å². The van der Waals surface area contributed by atoms with Gasteiger partial charge in [0.05, 0.1) is 5.69 Å². The SMILES string of the molecule is CC(C)(C)OC(=O)N1CC[C@H]2[C@@H](C1)c1cc(/C=C/c3ccccc3)cc3c1N2CCCS3. The Hall–Kier alpha value is -2.40. The van der Waals surface area contributed by atoms with E-state index in [-0.39, 0.29) is 6.09 Å². The third kappa shape index (κ3) is 4.27. The van der Waals surface area contributed by atoms with Crippen LogP contribution in [-0.2, 0) is 4.74 Å². The molecule has 0 N–H and O–H groups in total. The van der Waals surface area contributed by atoms with Crippen molar-refractivity contribution in [1.29, 1.82) is 0 Å². The summed E-state index contributed by atoms with van der Waals surface area (Å²) in [6, 6.07) is 15.6. The smallest absolute Gasteiger partial charge is 0.410 e. The minimum absolute atomic E-state index is 0.183. The van der Waals surface area contributed by atoms with Crippen molar-refractivity contribution in [2.75, 3.05) is 30.3 Å². The number of nitrogens with zero attached hydrogens (tertiary/aromatic N) is 2. The number of amides is 1. The molecule has 2 atom stereocenters. The fourth-order valence-corrected chi connectivity index (χ4v) is 6.26. The van der Waals surface area contributed by atoms with Crippen molar-refractivity contribution in [1.82, 2.24) is 4.90 Å². The third-order valence-corrected chi connectivity index (χ3v) is 7.63. The molecular weight excluding hydrogens is 416 g/mol. The Morgan fingerprint density at radius 3 is 2.66 bits per heavy atom. The van der Waals surface area contributed by atoms with E-state index in [4.69, 9.17) is 4.74 Å². The van der Waals surface area contributed by atoms with E-state index < -0.39 is 5.60 Å². The van der Waals surface area contributed by atoms with Gasteiger partial charge in [0.1, 0.15) is 5.60 Å². The van der Waals surface area contributed by atoms with Crippen molar-refractivity contribution in [2.24, 2.45) is 0 Å². The average molecular weight is 449 g/mol. The van der Waals surface area contributed by atoms with Crippen LogP contribution in [0.25, 0.3) is 12.2 Å². The largest absolute Gasteiger partial charge is 0.444 e. The van der Waals surface area contributed by atoms with Gasteiger partial charge in [-0.1, -0.05) is 42.5 Å². The molecule has 0 radical (unpaired) electrons. The number of benzene rings is 2. The van der Waals surface area contributed by atoms with Gasteiger partial charge in [0, 0.05) is 36.5 Å². The zero-order valence-electron chi connectivity index (χ0n) is 19.2. The topological polar surface area (TPSA) is 32.8 Å². The van der Waals surface area contributed by atoms with Gasteiger partial charge in [-0.25, -0.2) is 4.79 Å². The first-order chi connectivity index (χ1) is 15.4. The van der Waals surface area contributed by atoms with Crippen molar-refractivity contribution in [3.05, 3.63) is 59.2 Å². The molecule has 0 unspecified atom stereocenters. The molecule has 1 amide bonds. The number of fused-ring (bicyclic) bond motifs is 3. The Morgan fingerprint density at radius 1 is 1.09 bits per heavy atom. The molecule has 1 fully saturated rings. The lowest BCUT2D eigenvalue weighted by Gasteiger charge is -2.39. The maximum absolute atomic E-state index is 12.8. The van der Waals surface area contributed by atoms with Gasteiger partial charge in [-0.3, -0.25) is 0 Å². The predicted octanol–water partition coefficient (Wildman–Crippen LogP) is 6.27. The number of carbonyl (C=O) groups is 1. The first kappa shape index (κ1) is 21.4. The van der Waals surface area contributed by atoms with Crippen molar-refractivity contribution in [2.45, 2.75) is 56.1 Å². The fourth-order valence-electron chi connectivity index (χ4n) is 5.18. The van der Waals surface area contributed by atoms with Gasteiger partial charge < -0.3 is 14.5 Å². The van der Waals surface area contributed by atoms with Crippen molar-refractivity contribution in [3.8, 4) is 0 Å². The second-order valence-electron chi connectivity index (χ2n) is 9.99. The maximum atomic E-state index is 12.8. The first-order valence-electron chi connectivity index (χ1n) is 11.7. The summed E-state index contributed by atoms with van der Waals surface area (Å²) in [5.74, 6) is 1.50. The monoisotopic (exact) mass is 448 g/mol.